The third kappa shape index (κ3) is 2.69. The van der Waals surface area contributed by atoms with Crippen molar-refractivity contribution < 1.29 is 0 Å². The van der Waals surface area contributed by atoms with Crippen LogP contribution in [0.2, 0.25) is 0 Å². The summed E-state index contributed by atoms with van der Waals surface area (Å²) in [6.07, 6.45) is 4.07. The molecule has 0 radical (unpaired) electrons. The molecule has 0 fully saturated rings. The molecule has 100 valence electrons. The molecular weight excluding hydrogens is 311 g/mol. The molecule has 2 aromatic rings. The fraction of sp³-hybridized carbons (Fsp3) is 0.118. The topological polar surface area (TPSA) is 15.6 Å². The molecule has 0 N–H and O–H groups in total. The molecule has 0 bridgehead atoms. The molecule has 3 rings (SSSR count). The van der Waals surface area contributed by atoms with E-state index in [1.165, 1.54) is 14.7 Å². The zero-order valence-corrected chi connectivity index (χ0v) is 13.1. The summed E-state index contributed by atoms with van der Waals surface area (Å²) < 4.78 is 2.84. The first kappa shape index (κ1) is 13.2. The quantitative estimate of drug-likeness (QED) is 0.625. The number of nitrogens with zero attached hydrogens (tertiary/aromatic N) is 2. The van der Waals surface area contributed by atoms with E-state index in [-0.39, 0.29) is 0 Å². The van der Waals surface area contributed by atoms with E-state index in [0.29, 0.717) is 15.0 Å². The van der Waals surface area contributed by atoms with E-state index >= 15 is 0 Å². The van der Waals surface area contributed by atoms with E-state index in [9.17, 15) is 0 Å². The van der Waals surface area contributed by atoms with Crippen LogP contribution in [0.5, 0.6) is 0 Å². The first-order valence-corrected chi connectivity index (χ1v) is 8.43. The molecule has 1 aliphatic rings. The van der Waals surface area contributed by atoms with Crippen molar-refractivity contribution in [2.75, 3.05) is 11.4 Å². The second kappa shape index (κ2) is 6.08. The SMILES string of the molecule is CCN1C(=CC=Nc2ccccc2)[Se]c2ccccc21. The Bertz CT molecular complexity index is 647. The van der Waals surface area contributed by atoms with Gasteiger partial charge in [0, 0.05) is 0 Å². The molecule has 0 aromatic heterocycles. The van der Waals surface area contributed by atoms with Crippen molar-refractivity contribution in [2.24, 2.45) is 4.99 Å². The minimum atomic E-state index is 0.384. The van der Waals surface area contributed by atoms with Gasteiger partial charge in [-0.15, -0.1) is 0 Å². The molecule has 0 spiro atoms. The predicted molar refractivity (Wildman–Crippen MR) is 87.5 cm³/mol. The van der Waals surface area contributed by atoms with Gasteiger partial charge in [0.2, 0.25) is 0 Å². The third-order valence-electron chi connectivity index (χ3n) is 3.15. The van der Waals surface area contributed by atoms with Crippen molar-refractivity contribution in [2.45, 2.75) is 6.92 Å². The van der Waals surface area contributed by atoms with Crippen LogP contribution in [-0.4, -0.2) is 27.7 Å². The van der Waals surface area contributed by atoms with E-state index < -0.39 is 0 Å². The standard InChI is InChI=1S/C17H16N2Se/c1-2-19-15-10-6-7-11-16(15)20-17(19)12-13-18-14-8-4-3-5-9-14/h3-13H,2H2,1H3. The van der Waals surface area contributed by atoms with E-state index in [1.807, 2.05) is 36.5 Å². The van der Waals surface area contributed by atoms with Crippen molar-refractivity contribution in [3.63, 3.8) is 0 Å². The van der Waals surface area contributed by atoms with Crippen molar-refractivity contribution in [3.8, 4) is 0 Å². The fourth-order valence-electron chi connectivity index (χ4n) is 2.20. The van der Waals surface area contributed by atoms with Gasteiger partial charge in [0.05, 0.1) is 0 Å². The van der Waals surface area contributed by atoms with Crippen molar-refractivity contribution >= 4 is 37.0 Å². The van der Waals surface area contributed by atoms with Crippen LogP contribution in [0.4, 0.5) is 11.4 Å². The van der Waals surface area contributed by atoms with E-state index in [1.54, 1.807) is 0 Å². The van der Waals surface area contributed by atoms with Gasteiger partial charge in [-0.25, -0.2) is 0 Å². The molecule has 0 unspecified atom stereocenters. The van der Waals surface area contributed by atoms with Gasteiger partial charge in [0.1, 0.15) is 0 Å². The summed E-state index contributed by atoms with van der Waals surface area (Å²) in [4.78, 5) is 6.86. The second-order valence-corrected chi connectivity index (χ2v) is 6.66. The number of fused-ring (bicyclic) bond motifs is 1. The van der Waals surface area contributed by atoms with Gasteiger partial charge in [-0.05, 0) is 0 Å². The number of hydrogen-bond donors (Lipinski definition) is 0. The summed E-state index contributed by atoms with van der Waals surface area (Å²) in [6.45, 7) is 3.20. The average molecular weight is 327 g/mol. The van der Waals surface area contributed by atoms with E-state index in [4.69, 9.17) is 0 Å². The number of allylic oxidation sites excluding steroid dienone is 1. The minimum absolute atomic E-state index is 0.384. The zero-order valence-electron chi connectivity index (χ0n) is 11.4. The summed E-state index contributed by atoms with van der Waals surface area (Å²) in [5.74, 6) is 0. The summed E-state index contributed by atoms with van der Waals surface area (Å²) in [5.41, 5.74) is 2.35. The average Bonchev–Trinajstić information content (AvgIpc) is 2.86. The second-order valence-electron chi connectivity index (χ2n) is 4.43. The molecule has 3 heteroatoms. The molecule has 2 nitrogen and oxygen atoms in total. The molecule has 20 heavy (non-hydrogen) atoms. The molecule has 2 aromatic carbocycles. The van der Waals surface area contributed by atoms with Gasteiger partial charge in [-0.1, -0.05) is 0 Å². The molecule has 0 atom stereocenters. The first-order chi connectivity index (χ1) is 9.88. The number of benzene rings is 2. The molecule has 1 heterocycles. The van der Waals surface area contributed by atoms with Gasteiger partial charge in [0.25, 0.3) is 0 Å². The van der Waals surface area contributed by atoms with Crippen LogP contribution in [0.25, 0.3) is 0 Å². The van der Waals surface area contributed by atoms with Gasteiger partial charge in [-0.2, -0.15) is 0 Å². The summed E-state index contributed by atoms with van der Waals surface area (Å²) in [7, 11) is 0. The molecule has 0 saturated heterocycles. The molecular formula is C17H16N2Se. The summed E-state index contributed by atoms with van der Waals surface area (Å²) in [5, 5.41) is 0. The van der Waals surface area contributed by atoms with Crippen LogP contribution in [0, 0.1) is 0 Å². The summed E-state index contributed by atoms with van der Waals surface area (Å²) >= 11 is 0.384. The van der Waals surface area contributed by atoms with Crippen molar-refractivity contribution in [3.05, 3.63) is 65.3 Å². The Labute approximate surface area is 126 Å². The fourth-order valence-corrected chi connectivity index (χ4v) is 4.56. The number of rotatable bonds is 3. The van der Waals surface area contributed by atoms with Gasteiger partial charge >= 0.3 is 126 Å². The number of para-hydroxylation sites is 2. The van der Waals surface area contributed by atoms with Crippen LogP contribution >= 0.6 is 0 Å². The van der Waals surface area contributed by atoms with Crippen LogP contribution < -0.4 is 9.36 Å². The normalized spacial score (nSPS) is 16.1. The Morgan fingerprint density at radius 3 is 2.60 bits per heavy atom. The Balaban J connectivity index is 1.81. The summed E-state index contributed by atoms with van der Waals surface area (Å²) in [6, 6.07) is 18.7. The van der Waals surface area contributed by atoms with Crippen LogP contribution in [0.3, 0.4) is 0 Å². The first-order valence-electron chi connectivity index (χ1n) is 6.72. The molecule has 0 aliphatic carbocycles. The van der Waals surface area contributed by atoms with Gasteiger partial charge in [0.15, 0.2) is 0 Å². The van der Waals surface area contributed by atoms with Gasteiger partial charge in [-0.3, -0.25) is 0 Å². The Morgan fingerprint density at radius 2 is 1.80 bits per heavy atom. The number of anilines is 1. The Hall–Kier alpha value is -1.83. The van der Waals surface area contributed by atoms with Crippen molar-refractivity contribution in [1.82, 2.24) is 0 Å². The van der Waals surface area contributed by atoms with Crippen LogP contribution in [0.1, 0.15) is 6.92 Å². The van der Waals surface area contributed by atoms with E-state index in [2.05, 4.69) is 47.2 Å². The number of hydrogen-bond acceptors (Lipinski definition) is 2. The Kier molecular flexibility index (Phi) is 4.00. The molecule has 0 saturated carbocycles. The maximum absolute atomic E-state index is 4.48. The number of aliphatic imine (C=N–C) groups is 1. The zero-order chi connectivity index (χ0) is 13.8. The monoisotopic (exact) mass is 328 g/mol. The van der Waals surface area contributed by atoms with E-state index in [0.717, 1.165) is 12.2 Å². The predicted octanol–water partition coefficient (Wildman–Crippen LogP) is 3.10. The third-order valence-corrected chi connectivity index (χ3v) is 5.52. The molecule has 0 amide bonds. The van der Waals surface area contributed by atoms with Crippen LogP contribution in [0.15, 0.2) is 70.3 Å². The Morgan fingerprint density at radius 1 is 1.05 bits per heavy atom. The van der Waals surface area contributed by atoms with Crippen LogP contribution in [-0.2, 0) is 0 Å². The van der Waals surface area contributed by atoms with Crippen molar-refractivity contribution in [1.29, 1.82) is 0 Å². The molecule has 1 aliphatic heterocycles. The van der Waals surface area contributed by atoms with Gasteiger partial charge < -0.3 is 0 Å². The maximum atomic E-state index is 4.48.